The number of unbranched alkanes of at least 4 members (excludes halogenated alkanes) is 1. The number of nitrogens with zero attached hydrogens (tertiary/aromatic N) is 1. The first kappa shape index (κ1) is 24.9. The fourth-order valence-electron chi connectivity index (χ4n) is 3.25. The number of ether oxygens (including phenoxy) is 1. The van der Waals surface area contributed by atoms with Crippen molar-refractivity contribution in [3.8, 4) is 5.75 Å². The van der Waals surface area contributed by atoms with Gasteiger partial charge in [0.25, 0.3) is 5.91 Å². The van der Waals surface area contributed by atoms with Gasteiger partial charge in [0.05, 0.1) is 0 Å². The fourth-order valence-corrected chi connectivity index (χ4v) is 3.50. The molecule has 2 rings (SSSR count). The Morgan fingerprint density at radius 3 is 2.42 bits per heavy atom. The van der Waals surface area contributed by atoms with Gasteiger partial charge >= 0.3 is 0 Å². The predicted molar refractivity (Wildman–Crippen MR) is 128 cm³/mol. The maximum absolute atomic E-state index is 13.2. The highest BCUT2D eigenvalue weighted by atomic mass is 79.9. The quantitative estimate of drug-likeness (QED) is 0.443. The number of carbonyl (C=O) groups is 2. The summed E-state index contributed by atoms with van der Waals surface area (Å²) in [5.74, 6) is 0.305. The highest BCUT2D eigenvalue weighted by Gasteiger charge is 2.28. The van der Waals surface area contributed by atoms with Gasteiger partial charge in [0.15, 0.2) is 6.61 Å². The first-order valence-electron chi connectivity index (χ1n) is 10.9. The minimum absolute atomic E-state index is 0.115. The van der Waals surface area contributed by atoms with E-state index in [0.29, 0.717) is 25.3 Å². The van der Waals surface area contributed by atoms with Gasteiger partial charge in [0.2, 0.25) is 5.91 Å². The van der Waals surface area contributed by atoms with E-state index in [1.807, 2.05) is 63.2 Å². The van der Waals surface area contributed by atoms with Crippen LogP contribution < -0.4 is 10.1 Å². The Labute approximate surface area is 194 Å². The average molecular weight is 489 g/mol. The van der Waals surface area contributed by atoms with Crippen molar-refractivity contribution in [3.05, 3.63) is 63.6 Å². The molecule has 0 spiro atoms. The van der Waals surface area contributed by atoms with Crippen molar-refractivity contribution in [2.45, 2.75) is 59.5 Å². The molecule has 0 aliphatic heterocycles. The molecular weight excluding hydrogens is 456 g/mol. The van der Waals surface area contributed by atoms with E-state index in [0.717, 1.165) is 34.0 Å². The molecule has 0 radical (unpaired) electrons. The SMILES string of the molecule is CCCCNC(=O)[C@@H](CC)N(Cc1ccc(C)cc1)C(=O)COc1ccc(Br)c(C)c1. The number of nitrogens with one attached hydrogen (secondary N) is 1. The van der Waals surface area contributed by atoms with Crippen LogP contribution in [0, 0.1) is 13.8 Å². The highest BCUT2D eigenvalue weighted by Crippen LogP contribution is 2.22. The van der Waals surface area contributed by atoms with Gasteiger partial charge in [-0.2, -0.15) is 0 Å². The molecule has 0 heterocycles. The van der Waals surface area contributed by atoms with Crippen LogP contribution in [0.2, 0.25) is 0 Å². The molecular formula is C25H33BrN2O3. The second kappa shape index (κ2) is 12.5. The maximum Gasteiger partial charge on any atom is 0.261 e. The molecule has 31 heavy (non-hydrogen) atoms. The van der Waals surface area contributed by atoms with Crippen molar-refractivity contribution in [2.24, 2.45) is 0 Å². The number of halogens is 1. The van der Waals surface area contributed by atoms with Crippen LogP contribution in [0.3, 0.4) is 0 Å². The summed E-state index contributed by atoms with van der Waals surface area (Å²) in [6.07, 6.45) is 2.45. The van der Waals surface area contributed by atoms with Gasteiger partial charge in [0.1, 0.15) is 11.8 Å². The van der Waals surface area contributed by atoms with Gasteiger partial charge < -0.3 is 15.0 Å². The van der Waals surface area contributed by atoms with E-state index in [-0.39, 0.29) is 18.4 Å². The van der Waals surface area contributed by atoms with E-state index in [2.05, 4.69) is 28.2 Å². The first-order chi connectivity index (χ1) is 14.8. The van der Waals surface area contributed by atoms with E-state index in [1.165, 1.54) is 0 Å². The Hall–Kier alpha value is -2.34. The lowest BCUT2D eigenvalue weighted by Gasteiger charge is -2.30. The maximum atomic E-state index is 13.2. The molecule has 2 aromatic rings. The Bertz CT molecular complexity index is 868. The normalized spacial score (nSPS) is 11.6. The molecule has 6 heteroatoms. The molecule has 0 saturated carbocycles. The molecule has 0 unspecified atom stereocenters. The third kappa shape index (κ3) is 7.69. The minimum atomic E-state index is -0.541. The summed E-state index contributed by atoms with van der Waals surface area (Å²) in [7, 11) is 0. The van der Waals surface area contributed by atoms with Crippen LogP contribution in [0.5, 0.6) is 5.75 Å². The molecule has 0 aromatic heterocycles. The molecule has 0 fully saturated rings. The molecule has 1 N–H and O–H groups in total. The van der Waals surface area contributed by atoms with Crippen LogP contribution in [-0.2, 0) is 16.1 Å². The van der Waals surface area contributed by atoms with Crippen LogP contribution >= 0.6 is 15.9 Å². The van der Waals surface area contributed by atoms with Crippen LogP contribution in [0.25, 0.3) is 0 Å². The summed E-state index contributed by atoms with van der Waals surface area (Å²) in [5, 5.41) is 2.97. The summed E-state index contributed by atoms with van der Waals surface area (Å²) < 4.78 is 6.76. The zero-order valence-electron chi connectivity index (χ0n) is 18.9. The summed E-state index contributed by atoms with van der Waals surface area (Å²) in [4.78, 5) is 27.7. The van der Waals surface area contributed by atoms with E-state index in [1.54, 1.807) is 4.90 Å². The van der Waals surface area contributed by atoms with Crippen molar-refractivity contribution >= 4 is 27.7 Å². The lowest BCUT2D eigenvalue weighted by atomic mass is 10.1. The number of aryl methyl sites for hydroxylation is 2. The number of hydrogen-bond donors (Lipinski definition) is 1. The first-order valence-corrected chi connectivity index (χ1v) is 11.7. The summed E-state index contributed by atoms with van der Waals surface area (Å²) >= 11 is 3.47. The zero-order valence-corrected chi connectivity index (χ0v) is 20.5. The standard InChI is InChI=1S/C25H33BrN2O3/c1-5-7-14-27-25(30)23(6-2)28(16-20-10-8-18(3)9-11-20)24(29)17-31-21-12-13-22(26)19(4)15-21/h8-13,15,23H,5-7,14,16-17H2,1-4H3,(H,27,30)/t23-/m1/s1. The van der Waals surface area contributed by atoms with Gasteiger partial charge in [0, 0.05) is 17.6 Å². The van der Waals surface area contributed by atoms with Crippen molar-refractivity contribution < 1.29 is 14.3 Å². The molecule has 2 amide bonds. The highest BCUT2D eigenvalue weighted by molar-refractivity contribution is 9.10. The van der Waals surface area contributed by atoms with E-state index in [4.69, 9.17) is 4.74 Å². The number of carbonyl (C=O) groups excluding carboxylic acids is 2. The lowest BCUT2D eigenvalue weighted by Crippen LogP contribution is -2.50. The smallest absolute Gasteiger partial charge is 0.261 e. The number of rotatable bonds is 11. The molecule has 168 valence electrons. The van der Waals surface area contributed by atoms with Gasteiger partial charge in [-0.1, -0.05) is 66.0 Å². The zero-order chi connectivity index (χ0) is 22.8. The summed E-state index contributed by atoms with van der Waals surface area (Å²) in [6.45, 7) is 8.86. The van der Waals surface area contributed by atoms with Gasteiger partial charge in [-0.25, -0.2) is 0 Å². The largest absolute Gasteiger partial charge is 0.484 e. The van der Waals surface area contributed by atoms with Crippen LogP contribution in [0.15, 0.2) is 46.9 Å². The second-order valence-corrected chi connectivity index (χ2v) is 8.63. The third-order valence-corrected chi connectivity index (χ3v) is 6.07. The monoisotopic (exact) mass is 488 g/mol. The number of benzene rings is 2. The van der Waals surface area contributed by atoms with E-state index < -0.39 is 6.04 Å². The summed E-state index contributed by atoms with van der Waals surface area (Å²) in [6, 6.07) is 13.1. The predicted octanol–water partition coefficient (Wildman–Crippen LogP) is 5.17. The van der Waals surface area contributed by atoms with Crippen molar-refractivity contribution in [1.82, 2.24) is 10.2 Å². The Morgan fingerprint density at radius 2 is 1.81 bits per heavy atom. The van der Waals surface area contributed by atoms with Gasteiger partial charge in [-0.3, -0.25) is 9.59 Å². The molecule has 5 nitrogen and oxygen atoms in total. The molecule has 0 aliphatic carbocycles. The Kier molecular flexibility index (Phi) is 10.0. The average Bonchev–Trinajstić information content (AvgIpc) is 2.75. The fraction of sp³-hybridized carbons (Fsp3) is 0.440. The van der Waals surface area contributed by atoms with E-state index >= 15 is 0 Å². The molecule has 2 aromatic carbocycles. The van der Waals surface area contributed by atoms with Crippen molar-refractivity contribution in [2.75, 3.05) is 13.2 Å². The third-order valence-electron chi connectivity index (χ3n) is 5.18. The molecule has 0 aliphatic rings. The van der Waals surface area contributed by atoms with Crippen molar-refractivity contribution in [3.63, 3.8) is 0 Å². The molecule has 0 saturated heterocycles. The lowest BCUT2D eigenvalue weighted by molar-refractivity contribution is -0.143. The molecule has 1 atom stereocenters. The van der Waals surface area contributed by atoms with E-state index in [9.17, 15) is 9.59 Å². The Morgan fingerprint density at radius 1 is 1.10 bits per heavy atom. The van der Waals surface area contributed by atoms with Crippen LogP contribution in [-0.4, -0.2) is 35.9 Å². The van der Waals surface area contributed by atoms with Gasteiger partial charge in [-0.05, 0) is 56.0 Å². The number of hydrogen-bond acceptors (Lipinski definition) is 3. The molecule has 0 bridgehead atoms. The van der Waals surface area contributed by atoms with Crippen LogP contribution in [0.4, 0.5) is 0 Å². The minimum Gasteiger partial charge on any atom is -0.484 e. The summed E-state index contributed by atoms with van der Waals surface area (Å²) in [5.41, 5.74) is 3.17. The number of amides is 2. The Balaban J connectivity index is 2.17. The van der Waals surface area contributed by atoms with Crippen LogP contribution in [0.1, 0.15) is 49.8 Å². The second-order valence-electron chi connectivity index (χ2n) is 7.78. The van der Waals surface area contributed by atoms with Crippen molar-refractivity contribution in [1.29, 1.82) is 0 Å². The topological polar surface area (TPSA) is 58.6 Å². The van der Waals surface area contributed by atoms with Gasteiger partial charge in [-0.15, -0.1) is 0 Å².